The Bertz CT molecular complexity index is 496. The van der Waals surface area contributed by atoms with E-state index in [1.807, 2.05) is 0 Å². The normalized spacial score (nSPS) is 53.0. The van der Waals surface area contributed by atoms with Gasteiger partial charge in [0.2, 0.25) is 0 Å². The molecule has 116 valence electrons. The summed E-state index contributed by atoms with van der Waals surface area (Å²) in [6, 6.07) is 0. The minimum absolute atomic E-state index is 0.00511. The van der Waals surface area contributed by atoms with E-state index in [0.29, 0.717) is 28.8 Å². The maximum atomic E-state index is 12.4. The van der Waals surface area contributed by atoms with Crippen molar-refractivity contribution >= 4 is 11.6 Å². The lowest BCUT2D eigenvalue weighted by molar-refractivity contribution is -0.144. The van der Waals surface area contributed by atoms with Crippen LogP contribution in [0, 0.1) is 34.5 Å². The Morgan fingerprint density at radius 2 is 1.71 bits per heavy atom. The molecule has 0 amide bonds. The van der Waals surface area contributed by atoms with E-state index >= 15 is 0 Å². The van der Waals surface area contributed by atoms with Crippen LogP contribution in [0.3, 0.4) is 0 Å². The van der Waals surface area contributed by atoms with Gasteiger partial charge in [0.1, 0.15) is 11.6 Å². The van der Waals surface area contributed by atoms with E-state index in [-0.39, 0.29) is 5.41 Å². The quantitative estimate of drug-likeness (QED) is 0.670. The second-order valence-corrected chi connectivity index (χ2v) is 8.82. The van der Waals surface area contributed by atoms with Gasteiger partial charge in [-0.1, -0.05) is 13.8 Å². The zero-order chi connectivity index (χ0) is 14.8. The highest BCUT2D eigenvalue weighted by Gasteiger charge is 2.60. The number of hydrogen-bond donors (Lipinski definition) is 0. The molecule has 21 heavy (non-hydrogen) atoms. The Hall–Kier alpha value is -0.660. The molecule has 0 bridgehead atoms. The fraction of sp³-hybridized carbons (Fsp3) is 0.895. The Morgan fingerprint density at radius 1 is 0.905 bits per heavy atom. The van der Waals surface area contributed by atoms with Crippen LogP contribution in [0.25, 0.3) is 0 Å². The van der Waals surface area contributed by atoms with Crippen molar-refractivity contribution in [2.45, 2.75) is 71.6 Å². The second-order valence-electron chi connectivity index (χ2n) is 8.82. The third-order valence-electron chi connectivity index (χ3n) is 8.19. The van der Waals surface area contributed by atoms with E-state index in [0.717, 1.165) is 50.4 Å². The molecule has 0 aromatic carbocycles. The Balaban J connectivity index is 1.65. The lowest BCUT2D eigenvalue weighted by Crippen LogP contribution is -2.53. The minimum atomic E-state index is -0.00511. The predicted molar refractivity (Wildman–Crippen MR) is 81.7 cm³/mol. The summed E-state index contributed by atoms with van der Waals surface area (Å²) in [7, 11) is 0. The summed E-state index contributed by atoms with van der Waals surface area (Å²) in [5.41, 5.74) is 0.374. The van der Waals surface area contributed by atoms with Gasteiger partial charge in [-0.05, 0) is 67.6 Å². The fourth-order valence-electron chi connectivity index (χ4n) is 6.82. The van der Waals surface area contributed by atoms with Gasteiger partial charge in [0, 0.05) is 24.7 Å². The summed E-state index contributed by atoms with van der Waals surface area (Å²) < 4.78 is 0. The van der Waals surface area contributed by atoms with Crippen LogP contribution in [0.15, 0.2) is 0 Å². The van der Waals surface area contributed by atoms with Crippen LogP contribution >= 0.6 is 0 Å². The van der Waals surface area contributed by atoms with Crippen LogP contribution in [0.2, 0.25) is 0 Å². The maximum Gasteiger partial charge on any atom is 0.139 e. The van der Waals surface area contributed by atoms with E-state index < -0.39 is 0 Å². The molecule has 4 aliphatic rings. The number of ketones is 2. The van der Waals surface area contributed by atoms with Crippen LogP contribution in [0.1, 0.15) is 71.6 Å². The molecule has 4 aliphatic carbocycles. The van der Waals surface area contributed by atoms with Gasteiger partial charge in [-0.3, -0.25) is 9.59 Å². The largest absolute Gasteiger partial charge is 0.300 e. The molecule has 0 unspecified atom stereocenters. The SMILES string of the molecule is C[C@@]12CCC(=O)C[C@H]1CC[C@@H]1[C@H]2CC[C@]2(C)C(=O)CC[C@H]12. The van der Waals surface area contributed by atoms with E-state index in [1.54, 1.807) is 0 Å². The molecule has 0 heterocycles. The summed E-state index contributed by atoms with van der Waals surface area (Å²) in [5, 5.41) is 0. The van der Waals surface area contributed by atoms with Crippen molar-refractivity contribution in [1.82, 2.24) is 0 Å². The summed E-state index contributed by atoms with van der Waals surface area (Å²) in [6.07, 6.45) is 9.53. The number of fused-ring (bicyclic) bond motifs is 5. The number of hydrogen-bond acceptors (Lipinski definition) is 2. The molecule has 0 N–H and O–H groups in total. The van der Waals surface area contributed by atoms with Crippen molar-refractivity contribution in [3.8, 4) is 0 Å². The van der Waals surface area contributed by atoms with Crippen LogP contribution < -0.4 is 0 Å². The van der Waals surface area contributed by atoms with Gasteiger partial charge >= 0.3 is 0 Å². The lowest BCUT2D eigenvalue weighted by Gasteiger charge is -2.59. The third kappa shape index (κ3) is 1.77. The first-order valence-electron chi connectivity index (χ1n) is 9.00. The standard InChI is InChI=1S/C19H28O2/c1-18-9-7-13(20)11-12(18)3-4-14-15-5-6-17(21)19(15,2)10-8-16(14)18/h12,14-16H,3-11H2,1-2H3/t12-,14+,15-,16-,18-,19+/m1/s1. The average molecular weight is 288 g/mol. The molecule has 0 spiro atoms. The van der Waals surface area contributed by atoms with E-state index in [1.165, 1.54) is 19.3 Å². The molecule has 4 rings (SSSR count). The van der Waals surface area contributed by atoms with Crippen molar-refractivity contribution in [3.05, 3.63) is 0 Å². The summed E-state index contributed by atoms with van der Waals surface area (Å²) in [4.78, 5) is 24.2. The Morgan fingerprint density at radius 3 is 2.52 bits per heavy atom. The minimum Gasteiger partial charge on any atom is -0.300 e. The van der Waals surface area contributed by atoms with Crippen molar-refractivity contribution in [3.63, 3.8) is 0 Å². The molecule has 2 heteroatoms. The van der Waals surface area contributed by atoms with Crippen LogP contribution in [0.5, 0.6) is 0 Å². The summed E-state index contributed by atoms with van der Waals surface area (Å²) in [6.45, 7) is 4.72. The Labute approximate surface area is 128 Å². The van der Waals surface area contributed by atoms with Crippen LogP contribution in [-0.4, -0.2) is 11.6 Å². The van der Waals surface area contributed by atoms with Crippen molar-refractivity contribution in [2.24, 2.45) is 34.5 Å². The smallest absolute Gasteiger partial charge is 0.139 e. The third-order valence-corrected chi connectivity index (χ3v) is 8.19. The van der Waals surface area contributed by atoms with E-state index in [9.17, 15) is 9.59 Å². The summed E-state index contributed by atoms with van der Waals surface area (Å²) in [5.74, 6) is 3.82. The molecule has 0 aromatic rings. The lowest BCUT2D eigenvalue weighted by atomic mass is 9.45. The molecule has 0 aliphatic heterocycles. The molecule has 0 radical (unpaired) electrons. The highest BCUT2D eigenvalue weighted by atomic mass is 16.1. The zero-order valence-electron chi connectivity index (χ0n) is 13.5. The van der Waals surface area contributed by atoms with Crippen LogP contribution in [0.4, 0.5) is 0 Å². The molecule has 0 aromatic heterocycles. The van der Waals surface area contributed by atoms with Crippen molar-refractivity contribution in [1.29, 1.82) is 0 Å². The number of rotatable bonds is 0. The Kier molecular flexibility index (Phi) is 2.94. The fourth-order valence-corrected chi connectivity index (χ4v) is 6.82. The van der Waals surface area contributed by atoms with Gasteiger partial charge in [0.15, 0.2) is 0 Å². The molecular weight excluding hydrogens is 260 g/mol. The zero-order valence-corrected chi connectivity index (χ0v) is 13.5. The summed E-state index contributed by atoms with van der Waals surface area (Å²) >= 11 is 0. The van der Waals surface area contributed by atoms with Gasteiger partial charge in [0.05, 0.1) is 0 Å². The molecule has 4 fully saturated rings. The van der Waals surface area contributed by atoms with Gasteiger partial charge in [-0.2, -0.15) is 0 Å². The highest BCUT2D eigenvalue weighted by molar-refractivity contribution is 5.87. The monoisotopic (exact) mass is 288 g/mol. The van der Waals surface area contributed by atoms with Gasteiger partial charge < -0.3 is 0 Å². The topological polar surface area (TPSA) is 34.1 Å². The van der Waals surface area contributed by atoms with E-state index in [4.69, 9.17) is 0 Å². The van der Waals surface area contributed by atoms with Gasteiger partial charge in [0.25, 0.3) is 0 Å². The highest BCUT2D eigenvalue weighted by Crippen LogP contribution is 2.65. The van der Waals surface area contributed by atoms with Crippen molar-refractivity contribution < 1.29 is 9.59 Å². The average Bonchev–Trinajstić information content (AvgIpc) is 2.76. The van der Waals surface area contributed by atoms with Crippen molar-refractivity contribution in [2.75, 3.05) is 0 Å². The molecule has 6 atom stereocenters. The first kappa shape index (κ1) is 14.0. The van der Waals surface area contributed by atoms with E-state index in [2.05, 4.69) is 13.8 Å². The molecular formula is C19H28O2. The maximum absolute atomic E-state index is 12.4. The molecule has 0 saturated heterocycles. The second kappa shape index (κ2) is 4.43. The number of carbonyl (C=O) groups excluding carboxylic acids is 2. The predicted octanol–water partition coefficient (Wildman–Crippen LogP) is 4.17. The number of Topliss-reactive ketones (excluding diaryl/α,β-unsaturated/α-hetero) is 2. The number of carbonyl (C=O) groups is 2. The van der Waals surface area contributed by atoms with Gasteiger partial charge in [-0.15, -0.1) is 0 Å². The van der Waals surface area contributed by atoms with Gasteiger partial charge in [-0.25, -0.2) is 0 Å². The first-order chi connectivity index (χ1) is 9.95. The molecule has 4 saturated carbocycles. The molecule has 2 nitrogen and oxygen atoms in total. The first-order valence-corrected chi connectivity index (χ1v) is 9.00. The van der Waals surface area contributed by atoms with Crippen LogP contribution in [-0.2, 0) is 9.59 Å².